The maximum Gasteiger partial charge on any atom is 0.407 e. The van der Waals surface area contributed by atoms with E-state index in [9.17, 15) is 14.0 Å². The number of amides is 1. The number of aromatic nitrogens is 3. The third kappa shape index (κ3) is 3.25. The van der Waals surface area contributed by atoms with Crippen LogP contribution in [0.2, 0.25) is 0 Å². The maximum atomic E-state index is 13.8. The smallest absolute Gasteiger partial charge is 0.407 e. The van der Waals surface area contributed by atoms with Gasteiger partial charge < -0.3 is 15.3 Å². The number of nitrogens with one attached hydrogen (secondary N) is 1. The molecule has 2 atom stereocenters. The standard InChI is InChI=1S/C16H17BrFN5O3/c17-12-3-8-5-19-15(21-13(8)23(14(12)24)11-1-2-11)20-10-4-9(18)6-22(7-10)16(25)26/h3,5,9-11H,1-2,4,6-7H2,(H,25,26)(H,19,20,21)/t9-,10-/m0/s1. The number of alkyl halides is 1. The van der Waals surface area contributed by atoms with Gasteiger partial charge in [0.25, 0.3) is 5.56 Å². The second-order valence-electron chi connectivity index (χ2n) is 6.73. The van der Waals surface area contributed by atoms with Gasteiger partial charge in [0.2, 0.25) is 5.95 Å². The van der Waals surface area contributed by atoms with Gasteiger partial charge in [0, 0.05) is 36.6 Å². The molecule has 2 fully saturated rings. The van der Waals surface area contributed by atoms with Crippen molar-refractivity contribution >= 4 is 39.0 Å². The highest BCUT2D eigenvalue weighted by molar-refractivity contribution is 9.10. The number of nitrogens with zero attached hydrogens (tertiary/aromatic N) is 4. The Morgan fingerprint density at radius 1 is 1.38 bits per heavy atom. The van der Waals surface area contributed by atoms with Crippen LogP contribution in [0.25, 0.3) is 11.0 Å². The van der Waals surface area contributed by atoms with E-state index in [1.54, 1.807) is 16.8 Å². The molecule has 0 radical (unpaired) electrons. The molecule has 0 aromatic carbocycles. The highest BCUT2D eigenvalue weighted by atomic mass is 79.9. The first-order valence-corrected chi connectivity index (χ1v) is 9.18. The molecule has 2 aromatic heterocycles. The number of piperidine rings is 1. The Morgan fingerprint density at radius 3 is 2.85 bits per heavy atom. The summed E-state index contributed by atoms with van der Waals surface area (Å²) in [5.74, 6) is 0.262. The molecule has 4 rings (SSSR count). The molecule has 3 heterocycles. The van der Waals surface area contributed by atoms with Crippen LogP contribution in [-0.2, 0) is 0 Å². The van der Waals surface area contributed by atoms with E-state index in [1.807, 2.05) is 0 Å². The minimum Gasteiger partial charge on any atom is -0.465 e. The van der Waals surface area contributed by atoms with Crippen molar-refractivity contribution in [3.05, 3.63) is 27.1 Å². The number of likely N-dealkylation sites (tertiary alicyclic amines) is 1. The van der Waals surface area contributed by atoms with Crippen LogP contribution in [0.1, 0.15) is 25.3 Å². The van der Waals surface area contributed by atoms with Gasteiger partial charge in [0.1, 0.15) is 11.8 Å². The van der Waals surface area contributed by atoms with Gasteiger partial charge in [-0.1, -0.05) is 0 Å². The van der Waals surface area contributed by atoms with Crippen LogP contribution >= 0.6 is 15.9 Å². The first-order valence-electron chi connectivity index (χ1n) is 8.38. The highest BCUT2D eigenvalue weighted by Gasteiger charge is 2.31. The normalized spacial score (nSPS) is 23.2. The quantitative estimate of drug-likeness (QED) is 0.782. The third-order valence-electron chi connectivity index (χ3n) is 4.64. The highest BCUT2D eigenvalue weighted by Crippen LogP contribution is 2.36. The molecule has 2 N–H and O–H groups in total. The van der Waals surface area contributed by atoms with Gasteiger partial charge in [-0.05, 0) is 34.8 Å². The Hall–Kier alpha value is -2.23. The lowest BCUT2D eigenvalue weighted by molar-refractivity contribution is 0.102. The van der Waals surface area contributed by atoms with E-state index in [4.69, 9.17) is 5.11 Å². The third-order valence-corrected chi connectivity index (χ3v) is 5.21. The van der Waals surface area contributed by atoms with Crippen molar-refractivity contribution in [2.45, 2.75) is 37.5 Å². The molecule has 10 heteroatoms. The Morgan fingerprint density at radius 2 is 2.15 bits per heavy atom. The Kier molecular flexibility index (Phi) is 4.29. The van der Waals surface area contributed by atoms with Gasteiger partial charge in [0.05, 0.1) is 11.0 Å². The van der Waals surface area contributed by atoms with Gasteiger partial charge in [-0.25, -0.2) is 14.2 Å². The average molecular weight is 426 g/mol. The molecule has 2 aliphatic rings. The molecular weight excluding hydrogens is 409 g/mol. The van der Waals surface area contributed by atoms with E-state index >= 15 is 0 Å². The lowest BCUT2D eigenvalue weighted by Crippen LogP contribution is -2.49. The first-order chi connectivity index (χ1) is 12.4. The Balaban J connectivity index is 1.65. The van der Waals surface area contributed by atoms with Gasteiger partial charge in [-0.2, -0.15) is 4.98 Å². The predicted octanol–water partition coefficient (Wildman–Crippen LogP) is 2.39. The number of carboxylic acid groups (broad SMARTS) is 1. The van der Waals surface area contributed by atoms with Crippen LogP contribution in [0.4, 0.5) is 15.1 Å². The molecule has 1 saturated heterocycles. The summed E-state index contributed by atoms with van der Waals surface area (Å²) >= 11 is 3.28. The number of hydrogen-bond donors (Lipinski definition) is 2. The minimum atomic E-state index is -1.24. The lowest BCUT2D eigenvalue weighted by atomic mass is 10.0. The molecule has 0 spiro atoms. The second kappa shape index (κ2) is 6.49. The van der Waals surface area contributed by atoms with Crippen molar-refractivity contribution in [2.75, 3.05) is 18.4 Å². The van der Waals surface area contributed by atoms with Crippen LogP contribution in [0, 0.1) is 0 Å². The molecule has 8 nitrogen and oxygen atoms in total. The maximum absolute atomic E-state index is 13.8. The van der Waals surface area contributed by atoms with Crippen molar-refractivity contribution in [3.8, 4) is 0 Å². The summed E-state index contributed by atoms with van der Waals surface area (Å²) in [7, 11) is 0. The largest absolute Gasteiger partial charge is 0.465 e. The van der Waals surface area contributed by atoms with Crippen LogP contribution < -0.4 is 10.9 Å². The summed E-state index contributed by atoms with van der Waals surface area (Å²) in [6, 6.07) is 1.39. The Bertz CT molecular complexity index is 932. The number of pyridine rings is 1. The topological polar surface area (TPSA) is 100 Å². The van der Waals surface area contributed by atoms with E-state index in [1.165, 1.54) is 0 Å². The van der Waals surface area contributed by atoms with E-state index in [-0.39, 0.29) is 37.1 Å². The molecular formula is C16H17BrFN5O3. The number of carbonyl (C=O) groups is 1. The number of rotatable bonds is 3. The molecule has 1 aliphatic heterocycles. The van der Waals surface area contributed by atoms with Crippen molar-refractivity contribution in [2.24, 2.45) is 0 Å². The van der Waals surface area contributed by atoms with E-state index in [2.05, 4.69) is 31.2 Å². The molecule has 0 bridgehead atoms. The predicted molar refractivity (Wildman–Crippen MR) is 96.3 cm³/mol. The number of anilines is 1. The first kappa shape index (κ1) is 17.2. The summed E-state index contributed by atoms with van der Waals surface area (Å²) in [6.07, 6.45) is 1.26. The van der Waals surface area contributed by atoms with Gasteiger partial charge in [0.15, 0.2) is 0 Å². The van der Waals surface area contributed by atoms with E-state index in [0.717, 1.165) is 23.1 Å². The number of hydrogen-bond acceptors (Lipinski definition) is 5. The molecule has 138 valence electrons. The van der Waals surface area contributed by atoms with Crippen LogP contribution in [0.15, 0.2) is 21.5 Å². The van der Waals surface area contributed by atoms with Gasteiger partial charge in [-0.15, -0.1) is 0 Å². The van der Waals surface area contributed by atoms with Crippen LogP contribution in [-0.4, -0.2) is 55.9 Å². The number of halogens is 2. The fraction of sp³-hybridized carbons (Fsp3) is 0.500. The second-order valence-corrected chi connectivity index (χ2v) is 7.59. The van der Waals surface area contributed by atoms with Crippen molar-refractivity contribution in [1.82, 2.24) is 19.4 Å². The molecule has 26 heavy (non-hydrogen) atoms. The van der Waals surface area contributed by atoms with Crippen LogP contribution in [0.3, 0.4) is 0 Å². The molecule has 2 aromatic rings. The fourth-order valence-electron chi connectivity index (χ4n) is 3.31. The SMILES string of the molecule is O=C(O)N1C[C@@H](F)C[C@H](Nc2ncc3cc(Br)c(=O)n(C4CC4)c3n2)C1. The van der Waals surface area contributed by atoms with Crippen molar-refractivity contribution in [1.29, 1.82) is 0 Å². The van der Waals surface area contributed by atoms with E-state index in [0.29, 0.717) is 10.1 Å². The molecule has 0 unspecified atom stereocenters. The Labute approximate surface area is 156 Å². The summed E-state index contributed by atoms with van der Waals surface area (Å²) in [5, 5.41) is 12.8. The number of fused-ring (bicyclic) bond motifs is 1. The molecule has 1 saturated carbocycles. The zero-order valence-electron chi connectivity index (χ0n) is 13.7. The molecule has 1 aliphatic carbocycles. The zero-order chi connectivity index (χ0) is 18.4. The van der Waals surface area contributed by atoms with E-state index < -0.39 is 18.3 Å². The summed E-state index contributed by atoms with van der Waals surface area (Å²) < 4.78 is 16.0. The van der Waals surface area contributed by atoms with Crippen molar-refractivity contribution < 1.29 is 14.3 Å². The monoisotopic (exact) mass is 425 g/mol. The fourth-order valence-corrected chi connectivity index (χ4v) is 3.75. The van der Waals surface area contributed by atoms with Crippen molar-refractivity contribution in [3.63, 3.8) is 0 Å². The van der Waals surface area contributed by atoms with Gasteiger partial charge >= 0.3 is 6.09 Å². The zero-order valence-corrected chi connectivity index (χ0v) is 15.3. The molecule has 1 amide bonds. The van der Waals surface area contributed by atoms with Crippen LogP contribution in [0.5, 0.6) is 0 Å². The van der Waals surface area contributed by atoms with Gasteiger partial charge in [-0.3, -0.25) is 9.36 Å². The minimum absolute atomic E-state index is 0.124. The summed E-state index contributed by atoms with van der Waals surface area (Å²) in [6.45, 7) is 0.0360. The average Bonchev–Trinajstić information content (AvgIpc) is 3.40. The summed E-state index contributed by atoms with van der Waals surface area (Å²) in [4.78, 5) is 33.3. The lowest BCUT2D eigenvalue weighted by Gasteiger charge is -2.33. The summed E-state index contributed by atoms with van der Waals surface area (Å²) in [5.41, 5.74) is 0.393.